The predicted octanol–water partition coefficient (Wildman–Crippen LogP) is 3.42. The molecule has 1 aliphatic rings. The van der Waals surface area contributed by atoms with E-state index in [0.717, 1.165) is 37.1 Å². The first-order chi connectivity index (χ1) is 12.6. The van der Waals surface area contributed by atoms with Gasteiger partial charge in [0.1, 0.15) is 5.75 Å². The maximum atomic E-state index is 12.9. The van der Waals surface area contributed by atoms with Crippen molar-refractivity contribution in [3.63, 3.8) is 0 Å². The molecule has 1 aromatic heterocycles. The number of aryl methyl sites for hydroxylation is 1. The number of nitro groups is 1. The molecule has 1 aromatic carbocycles. The van der Waals surface area contributed by atoms with Crippen molar-refractivity contribution in [1.82, 2.24) is 9.78 Å². The van der Waals surface area contributed by atoms with E-state index in [1.807, 2.05) is 0 Å². The second-order valence-corrected chi connectivity index (χ2v) is 6.21. The fraction of sp³-hybridized carbons (Fsp3) is 0.375. The maximum absolute atomic E-state index is 12.9. The van der Waals surface area contributed by atoms with E-state index in [9.17, 15) is 33.2 Å². The Labute approximate surface area is 150 Å². The van der Waals surface area contributed by atoms with Crippen LogP contribution in [0.25, 0.3) is 0 Å². The van der Waals surface area contributed by atoms with E-state index < -0.39 is 22.7 Å². The van der Waals surface area contributed by atoms with Crippen LogP contribution in [0.15, 0.2) is 24.3 Å². The molecule has 1 heterocycles. The molecule has 27 heavy (non-hydrogen) atoms. The number of non-ortho nitro benzene ring substituents is 1. The van der Waals surface area contributed by atoms with Gasteiger partial charge in [0.25, 0.3) is 5.69 Å². The highest BCUT2D eigenvalue weighted by Gasteiger charge is 2.37. The van der Waals surface area contributed by atoms with Gasteiger partial charge in [-0.15, -0.1) is 0 Å². The number of phenolic OH excluding ortho intramolecular Hbond substituents is 1. The molecule has 2 N–H and O–H groups in total. The summed E-state index contributed by atoms with van der Waals surface area (Å²) in [6, 6.07) is 4.15. The number of aromatic hydroxyl groups is 1. The Bertz CT molecular complexity index is 890. The highest BCUT2D eigenvalue weighted by molar-refractivity contribution is 5.92. The zero-order valence-electron chi connectivity index (χ0n) is 13.9. The van der Waals surface area contributed by atoms with E-state index in [-0.39, 0.29) is 36.0 Å². The van der Waals surface area contributed by atoms with Crippen LogP contribution in [0.4, 0.5) is 24.5 Å². The number of phenols is 1. The fourth-order valence-corrected chi connectivity index (χ4v) is 2.61. The smallest absolute Gasteiger partial charge is 0.435 e. The first-order valence-corrected chi connectivity index (χ1v) is 8.07. The lowest BCUT2D eigenvalue weighted by Crippen LogP contribution is -2.16. The summed E-state index contributed by atoms with van der Waals surface area (Å²) in [5.41, 5.74) is -1.02. The standard InChI is InChI=1S/C16H15F3N4O4/c17-16(18,19)14-8-12(9-1-2-9)22(21-14)6-5-15(25)20-11-7-10(23(26)27)3-4-13(11)24/h3-4,7-9,24H,1-2,5-6H2,(H,20,25). The maximum Gasteiger partial charge on any atom is 0.435 e. The molecule has 1 aliphatic carbocycles. The van der Waals surface area contributed by atoms with Crippen molar-refractivity contribution in [3.05, 3.63) is 45.8 Å². The number of halogens is 3. The highest BCUT2D eigenvalue weighted by Crippen LogP contribution is 2.42. The van der Waals surface area contributed by atoms with Gasteiger partial charge in [0.2, 0.25) is 5.91 Å². The topological polar surface area (TPSA) is 110 Å². The number of benzene rings is 1. The van der Waals surface area contributed by atoms with Gasteiger partial charge in [-0.1, -0.05) is 0 Å². The quantitative estimate of drug-likeness (QED) is 0.450. The minimum atomic E-state index is -4.56. The number of rotatable bonds is 6. The van der Waals surface area contributed by atoms with E-state index in [4.69, 9.17) is 0 Å². The van der Waals surface area contributed by atoms with Gasteiger partial charge < -0.3 is 10.4 Å². The molecule has 11 heteroatoms. The summed E-state index contributed by atoms with van der Waals surface area (Å²) in [5, 5.41) is 26.3. The SMILES string of the molecule is O=C(CCn1nc(C(F)(F)F)cc1C1CC1)Nc1cc([N+](=O)[O-])ccc1O. The molecular weight excluding hydrogens is 369 g/mol. The second kappa shape index (κ2) is 6.89. The van der Waals surface area contributed by atoms with Crippen LogP contribution in [0.3, 0.4) is 0 Å². The molecule has 0 unspecified atom stereocenters. The summed E-state index contributed by atoms with van der Waals surface area (Å²) >= 11 is 0. The lowest BCUT2D eigenvalue weighted by atomic mass is 10.2. The molecule has 8 nitrogen and oxygen atoms in total. The molecule has 2 aromatic rings. The van der Waals surface area contributed by atoms with Crippen molar-refractivity contribution in [2.45, 2.75) is 37.9 Å². The number of aromatic nitrogens is 2. The van der Waals surface area contributed by atoms with Crippen molar-refractivity contribution in [3.8, 4) is 5.75 Å². The third-order valence-electron chi connectivity index (χ3n) is 4.11. The van der Waals surface area contributed by atoms with Crippen LogP contribution in [0, 0.1) is 10.1 Å². The monoisotopic (exact) mass is 384 g/mol. The third-order valence-corrected chi connectivity index (χ3v) is 4.11. The number of hydrogen-bond donors (Lipinski definition) is 2. The van der Waals surface area contributed by atoms with Crippen LogP contribution < -0.4 is 5.32 Å². The Balaban J connectivity index is 1.69. The first-order valence-electron chi connectivity index (χ1n) is 8.07. The summed E-state index contributed by atoms with van der Waals surface area (Å²) < 4.78 is 39.8. The second-order valence-electron chi connectivity index (χ2n) is 6.21. The molecule has 0 atom stereocenters. The number of nitrogens with zero attached hydrogens (tertiary/aromatic N) is 3. The number of amides is 1. The minimum absolute atomic E-state index is 0.0116. The Kier molecular flexibility index (Phi) is 4.77. The average Bonchev–Trinajstić information content (AvgIpc) is 3.32. The zero-order valence-corrected chi connectivity index (χ0v) is 13.9. The molecule has 1 amide bonds. The number of nitrogens with one attached hydrogen (secondary N) is 1. The van der Waals surface area contributed by atoms with Crippen molar-refractivity contribution in [1.29, 1.82) is 0 Å². The van der Waals surface area contributed by atoms with Crippen molar-refractivity contribution >= 4 is 17.3 Å². The van der Waals surface area contributed by atoms with Crippen LogP contribution in [-0.2, 0) is 17.5 Å². The van der Waals surface area contributed by atoms with Crippen molar-refractivity contribution in [2.24, 2.45) is 0 Å². The fourth-order valence-electron chi connectivity index (χ4n) is 2.61. The summed E-state index contributed by atoms with van der Waals surface area (Å²) in [6.07, 6.45) is -3.22. The van der Waals surface area contributed by atoms with Gasteiger partial charge in [-0.3, -0.25) is 19.6 Å². The van der Waals surface area contributed by atoms with Gasteiger partial charge in [0, 0.05) is 36.7 Å². The van der Waals surface area contributed by atoms with E-state index in [2.05, 4.69) is 10.4 Å². The van der Waals surface area contributed by atoms with Crippen LogP contribution >= 0.6 is 0 Å². The third kappa shape index (κ3) is 4.36. The molecule has 3 rings (SSSR count). The Morgan fingerprint density at radius 2 is 2.07 bits per heavy atom. The molecule has 0 aliphatic heterocycles. The molecule has 0 radical (unpaired) electrons. The zero-order chi connectivity index (χ0) is 19.8. The number of hydrogen-bond acceptors (Lipinski definition) is 5. The van der Waals surface area contributed by atoms with Gasteiger partial charge in [-0.25, -0.2) is 0 Å². The summed E-state index contributed by atoms with van der Waals surface area (Å²) in [4.78, 5) is 22.1. The number of carbonyl (C=O) groups excluding carboxylic acids is 1. The van der Waals surface area contributed by atoms with E-state index >= 15 is 0 Å². The van der Waals surface area contributed by atoms with Gasteiger partial charge in [-0.2, -0.15) is 18.3 Å². The van der Waals surface area contributed by atoms with E-state index in [1.165, 1.54) is 4.68 Å². The van der Waals surface area contributed by atoms with Crippen LogP contribution in [-0.4, -0.2) is 25.7 Å². The lowest BCUT2D eigenvalue weighted by molar-refractivity contribution is -0.384. The molecule has 0 spiro atoms. The van der Waals surface area contributed by atoms with Gasteiger partial charge in [0.05, 0.1) is 10.6 Å². The molecule has 1 saturated carbocycles. The number of alkyl halides is 3. The highest BCUT2D eigenvalue weighted by atomic mass is 19.4. The van der Waals surface area contributed by atoms with E-state index in [1.54, 1.807) is 0 Å². The molecule has 0 bridgehead atoms. The van der Waals surface area contributed by atoms with E-state index in [0.29, 0.717) is 5.69 Å². The molecule has 144 valence electrons. The predicted molar refractivity (Wildman–Crippen MR) is 87.2 cm³/mol. The van der Waals surface area contributed by atoms with Gasteiger partial charge in [-0.05, 0) is 25.0 Å². The van der Waals surface area contributed by atoms with Crippen LogP contribution in [0.1, 0.15) is 36.6 Å². The van der Waals surface area contributed by atoms with Crippen LogP contribution in [0.2, 0.25) is 0 Å². The Morgan fingerprint density at radius 3 is 2.67 bits per heavy atom. The minimum Gasteiger partial charge on any atom is -0.506 e. The molecule has 1 fully saturated rings. The first kappa shape index (κ1) is 18.7. The number of carbonyl (C=O) groups is 1. The summed E-state index contributed by atoms with van der Waals surface area (Å²) in [7, 11) is 0. The molecular formula is C16H15F3N4O4. The number of nitro benzene ring substituents is 1. The lowest BCUT2D eigenvalue weighted by Gasteiger charge is -2.09. The Hall–Kier alpha value is -3.11. The summed E-state index contributed by atoms with van der Waals surface area (Å²) in [6.45, 7) is -0.0799. The largest absolute Gasteiger partial charge is 0.506 e. The van der Waals surface area contributed by atoms with Gasteiger partial charge >= 0.3 is 6.18 Å². The molecule has 0 saturated heterocycles. The number of anilines is 1. The van der Waals surface area contributed by atoms with Crippen LogP contribution in [0.5, 0.6) is 5.75 Å². The average molecular weight is 384 g/mol. The summed E-state index contributed by atoms with van der Waals surface area (Å²) in [5.74, 6) is -0.958. The normalized spacial score (nSPS) is 14.2. The van der Waals surface area contributed by atoms with Crippen molar-refractivity contribution in [2.75, 3.05) is 5.32 Å². The Morgan fingerprint density at radius 1 is 1.37 bits per heavy atom. The van der Waals surface area contributed by atoms with Gasteiger partial charge in [0.15, 0.2) is 5.69 Å². The van der Waals surface area contributed by atoms with Crippen molar-refractivity contribution < 1.29 is 28.0 Å².